The van der Waals surface area contributed by atoms with Gasteiger partial charge in [0.2, 0.25) is 0 Å². The van der Waals surface area contributed by atoms with E-state index >= 15 is 0 Å². The highest BCUT2D eigenvalue weighted by molar-refractivity contribution is 5.49. The van der Waals surface area contributed by atoms with Crippen LogP contribution in [0, 0.1) is 0 Å². The van der Waals surface area contributed by atoms with Crippen molar-refractivity contribution >= 4 is 12.1 Å². The number of carbonyl (C=O) groups excluding carboxylic acids is 1. The van der Waals surface area contributed by atoms with Crippen LogP contribution in [0.4, 0.5) is 10.2 Å². The normalized spacial score (nSPS) is 16.4. The Morgan fingerprint density at radius 2 is 2.26 bits per heavy atom. The Hall–Kier alpha value is -1.43. The molecule has 1 aromatic heterocycles. The van der Waals surface area contributed by atoms with E-state index in [0.29, 0.717) is 26.1 Å². The molecular weight excluding hydrogens is 247 g/mol. The number of nitrogens with zero attached hydrogens (tertiary/aromatic N) is 4. The van der Waals surface area contributed by atoms with Gasteiger partial charge in [-0.05, 0) is 6.42 Å². The second-order valence-electron chi connectivity index (χ2n) is 5.21. The Morgan fingerprint density at radius 1 is 1.53 bits per heavy atom. The van der Waals surface area contributed by atoms with E-state index in [2.05, 4.69) is 5.10 Å². The van der Waals surface area contributed by atoms with Crippen LogP contribution in [0.3, 0.4) is 0 Å². The molecule has 0 aromatic carbocycles. The summed E-state index contributed by atoms with van der Waals surface area (Å²) in [5.41, 5.74) is 0.960. The van der Waals surface area contributed by atoms with Gasteiger partial charge in [-0.1, -0.05) is 0 Å². The number of halogens is 1. The second-order valence-corrected chi connectivity index (χ2v) is 5.21. The van der Waals surface area contributed by atoms with E-state index in [9.17, 15) is 9.18 Å². The van der Waals surface area contributed by atoms with Gasteiger partial charge in [0.25, 0.3) is 0 Å². The highest BCUT2D eigenvalue weighted by Gasteiger charge is 2.26. The Balaban J connectivity index is 1.99. The zero-order valence-electron chi connectivity index (χ0n) is 11.5. The number of unbranched alkanes of at least 4 members (excludes halogenated alkanes) is 1. The van der Waals surface area contributed by atoms with Gasteiger partial charge in [-0.25, -0.2) is 9.07 Å². The number of anilines is 1. The molecule has 106 valence electrons. The molecule has 5 nitrogen and oxygen atoms in total. The maximum Gasteiger partial charge on any atom is 0.126 e. The lowest BCUT2D eigenvalue weighted by Crippen LogP contribution is -2.47. The van der Waals surface area contributed by atoms with E-state index in [1.54, 1.807) is 0 Å². The van der Waals surface area contributed by atoms with Crippen molar-refractivity contribution in [3.8, 4) is 0 Å². The summed E-state index contributed by atoms with van der Waals surface area (Å²) in [7, 11) is 3.94. The SMILES string of the molecule is CN(C)c1cc(CN2CC(F)C2)nn1CCCC=O. The fourth-order valence-corrected chi connectivity index (χ4v) is 2.25. The van der Waals surface area contributed by atoms with Crippen LogP contribution in [0.25, 0.3) is 0 Å². The zero-order valence-corrected chi connectivity index (χ0v) is 11.5. The molecule has 1 aliphatic heterocycles. The first kappa shape index (κ1) is 14.0. The molecule has 2 heterocycles. The van der Waals surface area contributed by atoms with Crippen LogP contribution in [-0.4, -0.2) is 54.3 Å². The fourth-order valence-electron chi connectivity index (χ4n) is 2.25. The third kappa shape index (κ3) is 3.53. The maximum absolute atomic E-state index is 12.8. The van der Waals surface area contributed by atoms with Crippen LogP contribution in [0.15, 0.2) is 6.07 Å². The first-order valence-corrected chi connectivity index (χ1v) is 6.64. The fraction of sp³-hybridized carbons (Fsp3) is 0.692. The molecule has 0 unspecified atom stereocenters. The molecule has 0 spiro atoms. The molecule has 19 heavy (non-hydrogen) atoms. The third-order valence-electron chi connectivity index (χ3n) is 3.26. The third-order valence-corrected chi connectivity index (χ3v) is 3.26. The van der Waals surface area contributed by atoms with Gasteiger partial charge < -0.3 is 9.69 Å². The number of hydrogen-bond acceptors (Lipinski definition) is 4. The minimum Gasteiger partial charge on any atom is -0.363 e. The summed E-state index contributed by atoms with van der Waals surface area (Å²) >= 11 is 0. The minimum atomic E-state index is -0.678. The summed E-state index contributed by atoms with van der Waals surface area (Å²) in [4.78, 5) is 14.4. The number of aromatic nitrogens is 2. The van der Waals surface area contributed by atoms with Crippen LogP contribution in [0.1, 0.15) is 18.5 Å². The van der Waals surface area contributed by atoms with Crippen LogP contribution >= 0.6 is 0 Å². The van der Waals surface area contributed by atoms with E-state index in [0.717, 1.165) is 30.8 Å². The molecule has 1 aliphatic rings. The summed E-state index contributed by atoms with van der Waals surface area (Å²) in [5.74, 6) is 1.03. The first-order chi connectivity index (χ1) is 9.10. The van der Waals surface area contributed by atoms with Gasteiger partial charge in [-0.15, -0.1) is 0 Å². The molecule has 0 amide bonds. The lowest BCUT2D eigenvalue weighted by atomic mass is 10.2. The Labute approximate surface area is 113 Å². The molecule has 1 saturated heterocycles. The van der Waals surface area contributed by atoms with Crippen molar-refractivity contribution in [2.45, 2.75) is 32.1 Å². The number of aryl methyl sites for hydroxylation is 1. The zero-order chi connectivity index (χ0) is 13.8. The van der Waals surface area contributed by atoms with Gasteiger partial charge in [0.05, 0.1) is 5.69 Å². The summed E-state index contributed by atoms with van der Waals surface area (Å²) in [5, 5.41) is 4.55. The average Bonchev–Trinajstić information content (AvgIpc) is 2.71. The average molecular weight is 268 g/mol. The van der Waals surface area contributed by atoms with Crippen molar-refractivity contribution in [2.24, 2.45) is 0 Å². The number of likely N-dealkylation sites (tertiary alicyclic amines) is 1. The van der Waals surface area contributed by atoms with Gasteiger partial charge in [0.1, 0.15) is 18.3 Å². The number of alkyl halides is 1. The Kier molecular flexibility index (Phi) is 4.52. The Bertz CT molecular complexity index is 426. The molecule has 0 radical (unpaired) electrons. The molecule has 2 rings (SSSR count). The van der Waals surface area contributed by atoms with Gasteiger partial charge in [-0.2, -0.15) is 5.10 Å². The van der Waals surface area contributed by atoms with Crippen molar-refractivity contribution in [3.63, 3.8) is 0 Å². The molecule has 6 heteroatoms. The standard InChI is InChI=1S/C13H21FN4O/c1-16(2)13-7-12(10-17-8-11(14)9-17)15-18(13)5-3-4-6-19/h6-7,11H,3-5,8-10H2,1-2H3. The molecule has 0 atom stereocenters. The molecule has 1 fully saturated rings. The second kappa shape index (κ2) is 6.14. The van der Waals surface area contributed by atoms with E-state index in [1.165, 1.54) is 0 Å². The quantitative estimate of drug-likeness (QED) is 0.548. The van der Waals surface area contributed by atoms with Crippen molar-refractivity contribution in [1.29, 1.82) is 0 Å². The molecular formula is C13H21FN4O. The molecule has 0 N–H and O–H groups in total. The van der Waals surface area contributed by atoms with E-state index in [1.807, 2.05) is 34.6 Å². The lowest BCUT2D eigenvalue weighted by molar-refractivity contribution is -0.107. The minimum absolute atomic E-state index is 0.509. The number of aldehydes is 1. The molecule has 0 bridgehead atoms. The highest BCUT2D eigenvalue weighted by atomic mass is 19.1. The Morgan fingerprint density at radius 3 is 2.84 bits per heavy atom. The van der Waals surface area contributed by atoms with Crippen molar-refractivity contribution in [1.82, 2.24) is 14.7 Å². The predicted molar refractivity (Wildman–Crippen MR) is 72.0 cm³/mol. The van der Waals surface area contributed by atoms with Crippen molar-refractivity contribution < 1.29 is 9.18 Å². The van der Waals surface area contributed by atoms with E-state index < -0.39 is 6.17 Å². The summed E-state index contributed by atoms with van der Waals surface area (Å²) in [6.07, 6.45) is 1.60. The predicted octanol–water partition coefficient (Wildman–Crippen LogP) is 1.08. The largest absolute Gasteiger partial charge is 0.363 e. The van der Waals surface area contributed by atoms with Gasteiger partial charge >= 0.3 is 0 Å². The van der Waals surface area contributed by atoms with Gasteiger partial charge in [0, 0.05) is 52.8 Å². The maximum atomic E-state index is 12.8. The molecule has 0 aliphatic carbocycles. The van der Waals surface area contributed by atoms with Gasteiger partial charge in [0.15, 0.2) is 0 Å². The van der Waals surface area contributed by atoms with E-state index in [-0.39, 0.29) is 0 Å². The molecule has 0 saturated carbocycles. The smallest absolute Gasteiger partial charge is 0.126 e. The van der Waals surface area contributed by atoms with Crippen molar-refractivity contribution in [3.05, 3.63) is 11.8 Å². The lowest BCUT2D eigenvalue weighted by Gasteiger charge is -2.33. The van der Waals surface area contributed by atoms with Crippen molar-refractivity contribution in [2.75, 3.05) is 32.1 Å². The number of rotatable bonds is 7. The summed E-state index contributed by atoms with van der Waals surface area (Å²) in [6, 6.07) is 2.03. The highest BCUT2D eigenvalue weighted by Crippen LogP contribution is 2.19. The van der Waals surface area contributed by atoms with Crippen LogP contribution in [0.5, 0.6) is 0 Å². The topological polar surface area (TPSA) is 41.4 Å². The summed E-state index contributed by atoms with van der Waals surface area (Å²) < 4.78 is 14.7. The molecule has 1 aromatic rings. The first-order valence-electron chi connectivity index (χ1n) is 6.64. The monoisotopic (exact) mass is 268 g/mol. The van der Waals surface area contributed by atoms with Gasteiger partial charge in [-0.3, -0.25) is 4.90 Å². The van der Waals surface area contributed by atoms with Crippen LogP contribution in [0.2, 0.25) is 0 Å². The summed E-state index contributed by atoms with van der Waals surface area (Å²) in [6.45, 7) is 2.45. The number of carbonyl (C=O) groups is 1. The van der Waals surface area contributed by atoms with Crippen LogP contribution < -0.4 is 4.90 Å². The van der Waals surface area contributed by atoms with Crippen LogP contribution in [-0.2, 0) is 17.9 Å². The number of hydrogen-bond donors (Lipinski definition) is 0. The van der Waals surface area contributed by atoms with E-state index in [4.69, 9.17) is 0 Å².